The van der Waals surface area contributed by atoms with Crippen molar-refractivity contribution >= 4 is 0 Å². The van der Waals surface area contributed by atoms with Gasteiger partial charge in [-0.05, 0) is 12.1 Å². The largest absolute Gasteiger partial charge is 0.454 e. The van der Waals surface area contributed by atoms with Crippen LogP contribution in [-0.2, 0) is 12.7 Å². The van der Waals surface area contributed by atoms with E-state index in [2.05, 4.69) is 20.2 Å². The molecule has 2 aromatic rings. The third-order valence-corrected chi connectivity index (χ3v) is 3.76. The Labute approximate surface area is 137 Å². The first-order valence-electron chi connectivity index (χ1n) is 7.58. The second-order valence-electron chi connectivity index (χ2n) is 5.52. The lowest BCUT2D eigenvalue weighted by Gasteiger charge is -2.28. The van der Waals surface area contributed by atoms with Crippen LogP contribution in [0.2, 0.25) is 0 Å². The number of hydrogen-bond acceptors (Lipinski definition) is 5. The fourth-order valence-electron chi connectivity index (χ4n) is 2.53. The second-order valence-corrected chi connectivity index (χ2v) is 5.52. The molecule has 1 saturated heterocycles. The molecule has 0 spiro atoms. The minimum Gasteiger partial charge on any atom is -0.454 e. The van der Waals surface area contributed by atoms with E-state index in [0.29, 0.717) is 17.9 Å². The number of ether oxygens (including phenoxy) is 1. The quantitative estimate of drug-likeness (QED) is 0.929. The van der Waals surface area contributed by atoms with Gasteiger partial charge in [-0.1, -0.05) is 6.07 Å². The van der Waals surface area contributed by atoms with E-state index in [9.17, 15) is 13.2 Å². The van der Waals surface area contributed by atoms with Crippen LogP contribution in [0.1, 0.15) is 11.1 Å². The van der Waals surface area contributed by atoms with Crippen LogP contribution in [0.4, 0.5) is 13.2 Å². The molecule has 24 heavy (non-hydrogen) atoms. The molecule has 1 aliphatic rings. The summed E-state index contributed by atoms with van der Waals surface area (Å²) in [7, 11) is 0. The number of halogens is 3. The van der Waals surface area contributed by atoms with Crippen molar-refractivity contribution < 1.29 is 17.9 Å². The Bertz CT molecular complexity index is 673. The lowest BCUT2D eigenvalue weighted by atomic mass is 10.1. The highest BCUT2D eigenvalue weighted by Crippen LogP contribution is 2.35. The number of alkyl halides is 3. The molecule has 1 aromatic heterocycles. The van der Waals surface area contributed by atoms with Gasteiger partial charge < -0.3 is 10.1 Å². The first-order chi connectivity index (χ1) is 11.5. The molecule has 0 unspecified atom stereocenters. The molecule has 1 aromatic carbocycles. The summed E-state index contributed by atoms with van der Waals surface area (Å²) in [6.07, 6.45) is -0.247. The van der Waals surface area contributed by atoms with Crippen molar-refractivity contribution in [3.63, 3.8) is 0 Å². The molecule has 0 radical (unpaired) electrons. The number of hydrogen-bond donors (Lipinski definition) is 1. The van der Waals surface area contributed by atoms with Crippen LogP contribution in [0.5, 0.6) is 11.5 Å². The van der Waals surface area contributed by atoms with Gasteiger partial charge in [0.2, 0.25) is 0 Å². The normalized spacial score (nSPS) is 16.1. The summed E-state index contributed by atoms with van der Waals surface area (Å²) in [5.74, 6) is 0.483. The van der Waals surface area contributed by atoms with Crippen molar-refractivity contribution in [2.75, 3.05) is 26.2 Å². The highest BCUT2D eigenvalue weighted by Gasteiger charge is 2.31. The zero-order valence-corrected chi connectivity index (χ0v) is 12.9. The van der Waals surface area contributed by atoms with Crippen LogP contribution in [0, 0.1) is 0 Å². The van der Waals surface area contributed by atoms with Crippen molar-refractivity contribution in [3.05, 3.63) is 48.0 Å². The maximum absolute atomic E-state index is 13.0. The van der Waals surface area contributed by atoms with Gasteiger partial charge in [0.05, 0.1) is 18.0 Å². The van der Waals surface area contributed by atoms with E-state index in [1.165, 1.54) is 24.8 Å². The Balaban J connectivity index is 1.88. The molecule has 1 fully saturated rings. The average Bonchev–Trinajstić information content (AvgIpc) is 2.57. The molecule has 2 heterocycles. The van der Waals surface area contributed by atoms with Gasteiger partial charge >= 0.3 is 6.18 Å². The lowest BCUT2D eigenvalue weighted by Crippen LogP contribution is -2.42. The van der Waals surface area contributed by atoms with E-state index in [1.54, 1.807) is 0 Å². The average molecular weight is 338 g/mol. The van der Waals surface area contributed by atoms with Crippen molar-refractivity contribution in [1.82, 2.24) is 20.2 Å². The molecule has 8 heteroatoms. The zero-order chi connectivity index (χ0) is 17.0. The molecule has 0 amide bonds. The minimum absolute atomic E-state index is 0.179. The summed E-state index contributed by atoms with van der Waals surface area (Å²) in [6, 6.07) is 3.60. The minimum atomic E-state index is -4.42. The number of aromatic nitrogens is 2. The van der Waals surface area contributed by atoms with E-state index >= 15 is 0 Å². The van der Waals surface area contributed by atoms with Crippen molar-refractivity contribution in [3.8, 4) is 11.5 Å². The van der Waals surface area contributed by atoms with E-state index < -0.39 is 11.7 Å². The molecule has 1 N–H and O–H groups in total. The number of nitrogens with one attached hydrogen (secondary N) is 1. The van der Waals surface area contributed by atoms with E-state index in [-0.39, 0.29) is 5.75 Å². The smallest absolute Gasteiger partial charge is 0.416 e. The predicted molar refractivity (Wildman–Crippen MR) is 81.7 cm³/mol. The van der Waals surface area contributed by atoms with E-state index in [4.69, 9.17) is 4.74 Å². The summed E-state index contributed by atoms with van der Waals surface area (Å²) in [4.78, 5) is 9.81. The standard InChI is InChI=1S/C16H17F3N4O/c17-16(18,19)13-2-1-12(10-23-5-3-20-4-6-23)15(7-13)24-14-8-21-11-22-9-14/h1-2,7-9,11,20H,3-6,10H2. The Morgan fingerprint density at radius 2 is 1.83 bits per heavy atom. The van der Waals surface area contributed by atoms with Crippen LogP contribution >= 0.6 is 0 Å². The van der Waals surface area contributed by atoms with Gasteiger partial charge in [0.25, 0.3) is 0 Å². The van der Waals surface area contributed by atoms with Gasteiger partial charge in [0.1, 0.15) is 12.1 Å². The molecule has 128 valence electrons. The van der Waals surface area contributed by atoms with Gasteiger partial charge in [-0.3, -0.25) is 4.90 Å². The number of rotatable bonds is 4. The Hall–Kier alpha value is -2.19. The maximum Gasteiger partial charge on any atom is 0.416 e. The molecule has 0 atom stereocenters. The molecular formula is C16H17F3N4O. The Kier molecular flexibility index (Phi) is 4.96. The Morgan fingerprint density at radius 1 is 1.12 bits per heavy atom. The summed E-state index contributed by atoms with van der Waals surface area (Å²) < 4.78 is 44.6. The molecular weight excluding hydrogens is 321 g/mol. The molecule has 0 bridgehead atoms. The maximum atomic E-state index is 13.0. The lowest BCUT2D eigenvalue weighted by molar-refractivity contribution is -0.137. The number of benzene rings is 1. The number of nitrogens with zero attached hydrogens (tertiary/aromatic N) is 3. The van der Waals surface area contributed by atoms with Crippen LogP contribution in [-0.4, -0.2) is 41.0 Å². The van der Waals surface area contributed by atoms with E-state index in [1.807, 2.05) is 0 Å². The molecule has 0 aliphatic carbocycles. The Morgan fingerprint density at radius 3 is 2.50 bits per heavy atom. The fourth-order valence-corrected chi connectivity index (χ4v) is 2.53. The highest BCUT2D eigenvalue weighted by atomic mass is 19.4. The summed E-state index contributed by atoms with van der Waals surface area (Å²) >= 11 is 0. The fraction of sp³-hybridized carbons (Fsp3) is 0.375. The van der Waals surface area contributed by atoms with Gasteiger partial charge in [-0.15, -0.1) is 0 Å². The molecule has 3 rings (SSSR count). The van der Waals surface area contributed by atoms with Crippen LogP contribution < -0.4 is 10.1 Å². The molecule has 0 saturated carbocycles. The summed E-state index contributed by atoms with van der Waals surface area (Å²) in [5, 5.41) is 3.25. The van der Waals surface area contributed by atoms with Crippen LogP contribution in [0.3, 0.4) is 0 Å². The summed E-state index contributed by atoms with van der Waals surface area (Å²) in [6.45, 7) is 3.94. The van der Waals surface area contributed by atoms with Gasteiger partial charge in [0.15, 0.2) is 5.75 Å². The predicted octanol–water partition coefficient (Wildman–Crippen LogP) is 2.69. The van der Waals surface area contributed by atoms with Gasteiger partial charge in [-0.25, -0.2) is 9.97 Å². The SMILES string of the molecule is FC(F)(F)c1ccc(CN2CCNCC2)c(Oc2cncnc2)c1. The molecule has 5 nitrogen and oxygen atoms in total. The van der Waals surface area contributed by atoms with Crippen LogP contribution in [0.25, 0.3) is 0 Å². The van der Waals surface area contributed by atoms with Crippen molar-refractivity contribution in [2.45, 2.75) is 12.7 Å². The third-order valence-electron chi connectivity index (χ3n) is 3.76. The van der Waals surface area contributed by atoms with Gasteiger partial charge in [-0.2, -0.15) is 13.2 Å². The zero-order valence-electron chi connectivity index (χ0n) is 12.9. The topological polar surface area (TPSA) is 50.3 Å². The summed E-state index contributed by atoms with van der Waals surface area (Å²) in [5.41, 5.74) is -0.0350. The van der Waals surface area contributed by atoms with Crippen molar-refractivity contribution in [1.29, 1.82) is 0 Å². The monoisotopic (exact) mass is 338 g/mol. The van der Waals surface area contributed by atoms with E-state index in [0.717, 1.165) is 38.3 Å². The second kappa shape index (κ2) is 7.14. The molecule has 1 aliphatic heterocycles. The van der Waals surface area contributed by atoms with Crippen LogP contribution in [0.15, 0.2) is 36.9 Å². The van der Waals surface area contributed by atoms with Gasteiger partial charge in [0, 0.05) is 38.3 Å². The first kappa shape index (κ1) is 16.7. The highest BCUT2D eigenvalue weighted by molar-refractivity contribution is 5.41. The van der Waals surface area contributed by atoms with Crippen molar-refractivity contribution in [2.24, 2.45) is 0 Å². The number of piperazine rings is 1. The third kappa shape index (κ3) is 4.21. The first-order valence-corrected chi connectivity index (χ1v) is 7.58.